The van der Waals surface area contributed by atoms with E-state index in [9.17, 15) is 9.90 Å². The maximum Gasteiger partial charge on any atom is 0.271 e. The van der Waals surface area contributed by atoms with Gasteiger partial charge in [-0.1, -0.05) is 12.8 Å². The number of aliphatic hydroxyl groups excluding tert-OH is 1. The van der Waals surface area contributed by atoms with Crippen molar-refractivity contribution in [3.05, 3.63) is 16.1 Å². The molecule has 18 heavy (non-hydrogen) atoms. The molecular weight excluding hydrogens is 250 g/mol. The lowest BCUT2D eigenvalue weighted by Crippen LogP contribution is -2.45. The van der Waals surface area contributed by atoms with Gasteiger partial charge in [0.1, 0.15) is 10.7 Å². The number of rotatable bonds is 3. The van der Waals surface area contributed by atoms with Crippen LogP contribution in [-0.2, 0) is 0 Å². The Morgan fingerprint density at radius 3 is 2.94 bits per heavy atom. The van der Waals surface area contributed by atoms with E-state index in [1.807, 2.05) is 6.92 Å². The van der Waals surface area contributed by atoms with Crippen LogP contribution in [0.2, 0.25) is 0 Å². The number of hydrogen-bond acceptors (Lipinski definition) is 5. The minimum atomic E-state index is -0.436. The Kier molecular flexibility index (Phi) is 4.31. The van der Waals surface area contributed by atoms with Crippen molar-refractivity contribution >= 4 is 17.2 Å². The van der Waals surface area contributed by atoms with Crippen LogP contribution < -0.4 is 11.1 Å². The Labute approximate surface area is 110 Å². The zero-order valence-electron chi connectivity index (χ0n) is 10.4. The van der Waals surface area contributed by atoms with E-state index in [4.69, 9.17) is 5.73 Å². The predicted octanol–water partition coefficient (Wildman–Crippen LogP) is 1.20. The molecule has 100 valence electrons. The van der Waals surface area contributed by atoms with Crippen LogP contribution in [0.15, 0.2) is 5.38 Å². The van der Waals surface area contributed by atoms with Crippen molar-refractivity contribution in [2.24, 2.45) is 5.73 Å². The van der Waals surface area contributed by atoms with Gasteiger partial charge in [0.25, 0.3) is 5.91 Å². The Morgan fingerprint density at radius 2 is 2.33 bits per heavy atom. The molecule has 1 fully saturated rings. The first-order chi connectivity index (χ1) is 8.58. The lowest BCUT2D eigenvalue weighted by atomic mass is 9.92. The van der Waals surface area contributed by atoms with E-state index >= 15 is 0 Å². The zero-order valence-corrected chi connectivity index (χ0v) is 11.2. The molecule has 1 amide bonds. The molecule has 1 unspecified atom stereocenters. The number of aliphatic hydroxyl groups is 1. The van der Waals surface area contributed by atoms with Gasteiger partial charge in [-0.05, 0) is 19.8 Å². The first-order valence-electron chi connectivity index (χ1n) is 6.28. The van der Waals surface area contributed by atoms with Crippen LogP contribution in [0.4, 0.5) is 0 Å². The van der Waals surface area contributed by atoms with Gasteiger partial charge in [0.2, 0.25) is 0 Å². The smallest absolute Gasteiger partial charge is 0.271 e. The van der Waals surface area contributed by atoms with E-state index < -0.39 is 6.10 Å². The van der Waals surface area contributed by atoms with Crippen LogP contribution in [0.1, 0.15) is 54.1 Å². The monoisotopic (exact) mass is 269 g/mol. The molecule has 0 saturated heterocycles. The summed E-state index contributed by atoms with van der Waals surface area (Å²) in [6.07, 6.45) is 3.22. The van der Waals surface area contributed by atoms with E-state index in [2.05, 4.69) is 10.3 Å². The molecule has 4 N–H and O–H groups in total. The van der Waals surface area contributed by atoms with E-state index in [-0.39, 0.29) is 18.0 Å². The average Bonchev–Trinajstić information content (AvgIpc) is 2.81. The summed E-state index contributed by atoms with van der Waals surface area (Å²) >= 11 is 1.39. The van der Waals surface area contributed by atoms with Crippen molar-refractivity contribution in [1.29, 1.82) is 0 Å². The van der Waals surface area contributed by atoms with Crippen LogP contribution in [0.3, 0.4) is 0 Å². The predicted molar refractivity (Wildman–Crippen MR) is 70.4 cm³/mol. The molecule has 0 radical (unpaired) electrons. The van der Waals surface area contributed by atoms with Crippen molar-refractivity contribution in [3.8, 4) is 0 Å². The second-order valence-electron chi connectivity index (χ2n) is 4.79. The molecular formula is C12H19N3O2S. The Balaban J connectivity index is 1.98. The lowest BCUT2D eigenvalue weighted by molar-refractivity contribution is 0.0714. The summed E-state index contributed by atoms with van der Waals surface area (Å²) in [5.41, 5.74) is 6.10. The SMILES string of the molecule is CC(N)c1nc(C(=O)N[C@@H]2CCCC[C@H]2O)cs1. The van der Waals surface area contributed by atoms with E-state index in [1.165, 1.54) is 11.3 Å². The third-order valence-corrected chi connectivity index (χ3v) is 4.24. The van der Waals surface area contributed by atoms with Crippen molar-refractivity contribution in [3.63, 3.8) is 0 Å². The Morgan fingerprint density at radius 1 is 1.61 bits per heavy atom. The fraction of sp³-hybridized carbons (Fsp3) is 0.667. The van der Waals surface area contributed by atoms with Crippen LogP contribution in [0.25, 0.3) is 0 Å². The molecule has 3 atom stereocenters. The topological polar surface area (TPSA) is 88.2 Å². The molecule has 1 aromatic heterocycles. The van der Waals surface area contributed by atoms with Gasteiger partial charge in [-0.3, -0.25) is 4.79 Å². The van der Waals surface area contributed by atoms with Crippen molar-refractivity contribution in [2.45, 2.75) is 50.8 Å². The molecule has 0 aromatic carbocycles. The van der Waals surface area contributed by atoms with Crippen LogP contribution in [0, 0.1) is 0 Å². The summed E-state index contributed by atoms with van der Waals surface area (Å²) in [4.78, 5) is 16.2. The van der Waals surface area contributed by atoms with Gasteiger partial charge >= 0.3 is 0 Å². The minimum Gasteiger partial charge on any atom is -0.391 e. The molecule has 0 aliphatic heterocycles. The van der Waals surface area contributed by atoms with Crippen molar-refractivity contribution in [2.75, 3.05) is 0 Å². The fourth-order valence-electron chi connectivity index (χ4n) is 2.12. The highest BCUT2D eigenvalue weighted by Crippen LogP contribution is 2.20. The second-order valence-corrected chi connectivity index (χ2v) is 5.68. The minimum absolute atomic E-state index is 0.147. The summed E-state index contributed by atoms with van der Waals surface area (Å²) in [5, 5.41) is 15.1. The number of nitrogens with two attached hydrogens (primary N) is 1. The summed E-state index contributed by atoms with van der Waals surface area (Å²) in [6, 6.07) is -0.302. The van der Waals surface area contributed by atoms with Crippen LogP contribution in [0.5, 0.6) is 0 Å². The quantitative estimate of drug-likeness (QED) is 0.769. The van der Waals surface area contributed by atoms with Gasteiger partial charge in [0.05, 0.1) is 18.2 Å². The number of thiazole rings is 1. The first kappa shape index (κ1) is 13.5. The summed E-state index contributed by atoms with van der Waals surface area (Å²) in [7, 11) is 0. The number of aromatic nitrogens is 1. The molecule has 6 heteroatoms. The Hall–Kier alpha value is -0.980. The molecule has 1 saturated carbocycles. The molecule has 1 aromatic rings. The van der Waals surface area contributed by atoms with E-state index in [0.717, 1.165) is 30.7 Å². The second kappa shape index (κ2) is 5.77. The number of amides is 1. The molecule has 1 aliphatic rings. The Bertz CT molecular complexity index is 419. The van der Waals surface area contributed by atoms with E-state index in [1.54, 1.807) is 5.38 Å². The van der Waals surface area contributed by atoms with Gasteiger partial charge in [-0.25, -0.2) is 4.98 Å². The maximum absolute atomic E-state index is 12.0. The fourth-order valence-corrected chi connectivity index (χ4v) is 2.88. The third kappa shape index (κ3) is 3.07. The van der Waals surface area contributed by atoms with Crippen LogP contribution >= 0.6 is 11.3 Å². The summed E-state index contributed by atoms with van der Waals surface area (Å²) < 4.78 is 0. The van der Waals surface area contributed by atoms with Crippen LogP contribution in [-0.4, -0.2) is 28.1 Å². The van der Waals surface area contributed by atoms with Gasteiger partial charge < -0.3 is 16.2 Å². The number of hydrogen-bond donors (Lipinski definition) is 3. The first-order valence-corrected chi connectivity index (χ1v) is 7.16. The molecule has 5 nitrogen and oxygen atoms in total. The standard InChI is InChI=1S/C12H19N3O2S/c1-7(13)12-15-9(6-18-12)11(17)14-8-4-2-3-5-10(8)16/h6-8,10,16H,2-5,13H2,1H3,(H,14,17)/t7?,8-,10-/m1/s1. The molecule has 0 spiro atoms. The summed E-state index contributed by atoms with van der Waals surface area (Å²) in [5.74, 6) is -0.218. The van der Waals surface area contributed by atoms with Crippen molar-refractivity contribution < 1.29 is 9.90 Å². The third-order valence-electron chi connectivity index (χ3n) is 3.19. The van der Waals surface area contributed by atoms with Gasteiger partial charge in [0, 0.05) is 5.38 Å². The van der Waals surface area contributed by atoms with Gasteiger partial charge in [-0.2, -0.15) is 0 Å². The highest BCUT2D eigenvalue weighted by molar-refractivity contribution is 7.09. The average molecular weight is 269 g/mol. The molecule has 1 aliphatic carbocycles. The van der Waals surface area contributed by atoms with Gasteiger partial charge in [0.15, 0.2) is 0 Å². The molecule has 0 bridgehead atoms. The van der Waals surface area contributed by atoms with E-state index in [0.29, 0.717) is 5.69 Å². The lowest BCUT2D eigenvalue weighted by Gasteiger charge is -2.27. The normalized spacial score (nSPS) is 25.7. The summed E-state index contributed by atoms with van der Waals surface area (Å²) in [6.45, 7) is 1.84. The highest BCUT2D eigenvalue weighted by atomic mass is 32.1. The molecule has 2 rings (SSSR count). The highest BCUT2D eigenvalue weighted by Gasteiger charge is 2.25. The molecule has 1 heterocycles. The number of nitrogens with one attached hydrogen (secondary N) is 1. The largest absolute Gasteiger partial charge is 0.391 e. The van der Waals surface area contributed by atoms with Crippen molar-refractivity contribution in [1.82, 2.24) is 10.3 Å². The number of carbonyl (C=O) groups excluding carboxylic acids is 1. The number of nitrogens with zero attached hydrogens (tertiary/aromatic N) is 1. The maximum atomic E-state index is 12.0. The zero-order chi connectivity index (χ0) is 13.1. The van der Waals surface area contributed by atoms with Gasteiger partial charge in [-0.15, -0.1) is 11.3 Å². The number of carbonyl (C=O) groups is 1.